The number of rotatable bonds is 3. The highest BCUT2D eigenvalue weighted by atomic mass is 16.5. The first-order chi connectivity index (χ1) is 13.6. The molecule has 8 heteroatoms. The van der Waals surface area contributed by atoms with E-state index in [1.807, 2.05) is 20.8 Å². The molecule has 8 nitrogen and oxygen atoms in total. The molecule has 0 aromatic heterocycles. The van der Waals surface area contributed by atoms with Crippen molar-refractivity contribution >= 4 is 17.8 Å². The number of hydrogen-bond acceptors (Lipinski definition) is 6. The van der Waals surface area contributed by atoms with E-state index in [0.29, 0.717) is 37.2 Å². The number of carboxylic acid groups (broad SMARTS) is 1. The fourth-order valence-electron chi connectivity index (χ4n) is 3.98. The van der Waals surface area contributed by atoms with Crippen LogP contribution >= 0.6 is 0 Å². The summed E-state index contributed by atoms with van der Waals surface area (Å²) in [4.78, 5) is 40.6. The topological polar surface area (TPSA) is 99.2 Å². The molecular weight excluding hydrogens is 376 g/mol. The Hall–Kier alpha value is -2.61. The first-order valence-electron chi connectivity index (χ1n) is 9.71. The van der Waals surface area contributed by atoms with Gasteiger partial charge in [0, 0.05) is 36.9 Å². The van der Waals surface area contributed by atoms with Crippen LogP contribution < -0.4 is 9.84 Å². The first-order valence-corrected chi connectivity index (χ1v) is 9.71. The summed E-state index contributed by atoms with van der Waals surface area (Å²) >= 11 is 0. The van der Waals surface area contributed by atoms with Crippen LogP contribution in [-0.4, -0.2) is 66.2 Å². The van der Waals surface area contributed by atoms with Crippen molar-refractivity contribution in [2.24, 2.45) is 5.41 Å². The molecule has 2 amide bonds. The Morgan fingerprint density at radius 1 is 1.21 bits per heavy atom. The number of aliphatic carboxylic acids is 1. The number of benzene rings is 1. The van der Waals surface area contributed by atoms with Crippen LogP contribution in [0.4, 0.5) is 0 Å². The van der Waals surface area contributed by atoms with Crippen LogP contribution in [-0.2, 0) is 14.3 Å². The number of likely N-dealkylation sites (tertiary alicyclic amines) is 1. The summed E-state index contributed by atoms with van der Waals surface area (Å²) in [5.41, 5.74) is -1.27. The van der Waals surface area contributed by atoms with Crippen molar-refractivity contribution in [3.05, 3.63) is 29.8 Å². The zero-order valence-electron chi connectivity index (χ0n) is 17.3. The van der Waals surface area contributed by atoms with Crippen LogP contribution in [0.5, 0.6) is 5.75 Å². The Labute approximate surface area is 170 Å². The van der Waals surface area contributed by atoms with Gasteiger partial charge < -0.3 is 24.3 Å². The molecule has 1 spiro atoms. The SMILES string of the molecule is COc1cccc(C(=O)N2[C@H](C(=O)[O-])COC23CCN(C(=O)C(C)(C)C)CC3)c1. The lowest BCUT2D eigenvalue weighted by molar-refractivity contribution is -0.310. The Balaban J connectivity index is 1.87. The summed E-state index contributed by atoms with van der Waals surface area (Å²) in [6, 6.07) is 5.38. The van der Waals surface area contributed by atoms with Crippen molar-refractivity contribution in [2.75, 3.05) is 26.8 Å². The minimum absolute atomic E-state index is 0.0208. The van der Waals surface area contributed by atoms with Gasteiger partial charge in [-0.25, -0.2) is 0 Å². The van der Waals surface area contributed by atoms with Crippen LogP contribution in [0.2, 0.25) is 0 Å². The molecule has 2 aliphatic heterocycles. The number of carbonyl (C=O) groups excluding carboxylic acids is 3. The second-order valence-corrected chi connectivity index (χ2v) is 8.54. The number of amides is 2. The number of methoxy groups -OCH3 is 1. The lowest BCUT2D eigenvalue weighted by Crippen LogP contribution is -2.60. The maximum atomic E-state index is 13.3. The van der Waals surface area contributed by atoms with Crippen LogP contribution in [0.3, 0.4) is 0 Å². The minimum Gasteiger partial charge on any atom is -0.548 e. The van der Waals surface area contributed by atoms with Crippen LogP contribution in [0.1, 0.15) is 44.0 Å². The van der Waals surface area contributed by atoms with Crippen molar-refractivity contribution in [1.82, 2.24) is 9.80 Å². The average molecular weight is 403 g/mol. The number of ether oxygens (including phenoxy) is 2. The lowest BCUT2D eigenvalue weighted by atomic mass is 9.91. The highest BCUT2D eigenvalue weighted by Gasteiger charge is 2.52. The van der Waals surface area contributed by atoms with E-state index in [2.05, 4.69) is 0 Å². The average Bonchev–Trinajstić information content (AvgIpc) is 3.05. The highest BCUT2D eigenvalue weighted by Crippen LogP contribution is 2.39. The normalized spacial score (nSPS) is 21.3. The third-order valence-corrected chi connectivity index (χ3v) is 5.54. The predicted molar refractivity (Wildman–Crippen MR) is 102 cm³/mol. The van der Waals surface area contributed by atoms with Crippen molar-refractivity contribution in [3.63, 3.8) is 0 Å². The highest BCUT2D eigenvalue weighted by molar-refractivity contribution is 5.97. The minimum atomic E-state index is -1.36. The number of nitrogens with zero attached hydrogens (tertiary/aromatic N) is 2. The van der Waals surface area contributed by atoms with E-state index in [-0.39, 0.29) is 12.5 Å². The zero-order chi connectivity index (χ0) is 21.4. The number of hydrogen-bond donors (Lipinski definition) is 0. The number of piperidine rings is 1. The summed E-state index contributed by atoms with van der Waals surface area (Å²) in [5.74, 6) is -1.29. The number of carbonyl (C=O) groups is 3. The standard InChI is InChI=1S/C21H28N2O6/c1-20(2,3)19(27)22-10-8-21(9-11-22)23(16(13-29-21)18(25)26)17(24)14-6-5-7-15(12-14)28-4/h5-7,12,16H,8-11,13H2,1-4H3,(H,25,26)/p-1/t16-/m0/s1. The summed E-state index contributed by atoms with van der Waals surface area (Å²) in [6.45, 7) is 6.21. The van der Waals surface area contributed by atoms with Crippen molar-refractivity contribution in [1.29, 1.82) is 0 Å². The Bertz CT molecular complexity index is 808. The zero-order valence-corrected chi connectivity index (χ0v) is 17.3. The van der Waals surface area contributed by atoms with E-state index < -0.39 is 29.1 Å². The third-order valence-electron chi connectivity index (χ3n) is 5.54. The molecule has 158 valence electrons. The summed E-state index contributed by atoms with van der Waals surface area (Å²) in [7, 11) is 1.50. The quantitative estimate of drug-likeness (QED) is 0.735. The molecule has 0 unspecified atom stereocenters. The molecule has 2 fully saturated rings. The first kappa shape index (κ1) is 21.1. The second-order valence-electron chi connectivity index (χ2n) is 8.54. The Kier molecular flexibility index (Phi) is 5.58. The number of carboxylic acids is 1. The van der Waals surface area contributed by atoms with Crippen molar-refractivity contribution < 1.29 is 29.0 Å². The van der Waals surface area contributed by atoms with Crippen molar-refractivity contribution in [2.45, 2.75) is 45.4 Å². The van der Waals surface area contributed by atoms with Gasteiger partial charge in [-0.15, -0.1) is 0 Å². The van der Waals surface area contributed by atoms with E-state index >= 15 is 0 Å². The molecule has 2 heterocycles. The molecule has 0 radical (unpaired) electrons. The molecule has 2 aliphatic rings. The summed E-state index contributed by atoms with van der Waals surface area (Å²) in [5, 5.41) is 11.7. The van der Waals surface area contributed by atoms with E-state index in [1.165, 1.54) is 12.0 Å². The Morgan fingerprint density at radius 3 is 2.41 bits per heavy atom. The predicted octanol–water partition coefficient (Wildman–Crippen LogP) is 0.651. The fraction of sp³-hybridized carbons (Fsp3) is 0.571. The van der Waals surface area contributed by atoms with Gasteiger partial charge >= 0.3 is 0 Å². The molecule has 0 aliphatic carbocycles. The molecule has 0 bridgehead atoms. The maximum absolute atomic E-state index is 13.3. The van der Waals surface area contributed by atoms with E-state index in [4.69, 9.17) is 9.47 Å². The van der Waals surface area contributed by atoms with E-state index in [1.54, 1.807) is 29.2 Å². The van der Waals surface area contributed by atoms with E-state index in [0.717, 1.165) is 0 Å². The molecule has 29 heavy (non-hydrogen) atoms. The molecule has 2 saturated heterocycles. The van der Waals surface area contributed by atoms with Gasteiger partial charge in [0.05, 0.1) is 25.7 Å². The summed E-state index contributed by atoms with van der Waals surface area (Å²) in [6.07, 6.45) is 0.683. The maximum Gasteiger partial charge on any atom is 0.256 e. The molecule has 0 saturated carbocycles. The smallest absolute Gasteiger partial charge is 0.256 e. The Morgan fingerprint density at radius 2 is 1.86 bits per heavy atom. The van der Waals surface area contributed by atoms with Gasteiger partial charge in [-0.1, -0.05) is 26.8 Å². The molecular formula is C21H27N2O6-. The fourth-order valence-corrected chi connectivity index (χ4v) is 3.98. The van der Waals surface area contributed by atoms with Crippen LogP contribution in [0, 0.1) is 5.41 Å². The van der Waals surface area contributed by atoms with Crippen LogP contribution in [0.15, 0.2) is 24.3 Å². The van der Waals surface area contributed by atoms with Gasteiger partial charge in [-0.3, -0.25) is 14.5 Å². The monoisotopic (exact) mass is 403 g/mol. The van der Waals surface area contributed by atoms with Gasteiger partial charge in [-0.05, 0) is 18.2 Å². The molecule has 1 aromatic rings. The van der Waals surface area contributed by atoms with Crippen LogP contribution in [0.25, 0.3) is 0 Å². The molecule has 0 N–H and O–H groups in total. The van der Waals surface area contributed by atoms with Gasteiger partial charge in [0.25, 0.3) is 5.91 Å². The van der Waals surface area contributed by atoms with Crippen molar-refractivity contribution in [3.8, 4) is 5.75 Å². The third kappa shape index (κ3) is 3.94. The molecule has 1 atom stereocenters. The second kappa shape index (κ2) is 7.67. The largest absolute Gasteiger partial charge is 0.548 e. The molecule has 3 rings (SSSR count). The molecule has 1 aromatic carbocycles. The summed E-state index contributed by atoms with van der Waals surface area (Å²) < 4.78 is 11.1. The van der Waals surface area contributed by atoms with Gasteiger partial charge in [0.1, 0.15) is 11.5 Å². The van der Waals surface area contributed by atoms with Gasteiger partial charge in [-0.2, -0.15) is 0 Å². The lowest BCUT2D eigenvalue weighted by Gasteiger charge is -2.45. The van der Waals surface area contributed by atoms with E-state index in [9.17, 15) is 19.5 Å². The van der Waals surface area contributed by atoms with Gasteiger partial charge in [0.2, 0.25) is 5.91 Å². The van der Waals surface area contributed by atoms with Gasteiger partial charge in [0.15, 0.2) is 0 Å².